The number of hydrogen-bond acceptors (Lipinski definition) is 6. The zero-order valence-electron chi connectivity index (χ0n) is 11.4. The van der Waals surface area contributed by atoms with E-state index in [0.717, 1.165) is 18.6 Å². The fourth-order valence-electron chi connectivity index (χ4n) is 1.32. The standard InChI is InChI=1S/C11H24O5SSi/c1-4-13-18(14-5-2,15-6-3)16-11(12)9-7-8-10-17/h17H,4-10H2,1-3H3. The summed E-state index contributed by atoms with van der Waals surface area (Å²) in [5, 5.41) is 0. The van der Waals surface area contributed by atoms with Gasteiger partial charge in [0.25, 0.3) is 5.97 Å². The van der Waals surface area contributed by atoms with Crippen molar-refractivity contribution >= 4 is 27.6 Å². The maximum atomic E-state index is 11.7. The zero-order chi connectivity index (χ0) is 13.9. The van der Waals surface area contributed by atoms with Crippen molar-refractivity contribution < 1.29 is 22.5 Å². The Bertz CT molecular complexity index is 210. The van der Waals surface area contributed by atoms with Crippen molar-refractivity contribution in [3.8, 4) is 0 Å². The first kappa shape index (κ1) is 17.9. The van der Waals surface area contributed by atoms with Gasteiger partial charge in [0.15, 0.2) is 0 Å². The van der Waals surface area contributed by atoms with Gasteiger partial charge in [-0.25, -0.2) is 0 Å². The third kappa shape index (κ3) is 7.37. The fraction of sp³-hybridized carbons (Fsp3) is 0.909. The molecule has 0 aromatic heterocycles. The summed E-state index contributed by atoms with van der Waals surface area (Å²) in [4.78, 5) is 11.7. The normalized spacial score (nSPS) is 11.6. The molecule has 0 atom stereocenters. The Balaban J connectivity index is 4.39. The Morgan fingerprint density at radius 1 is 1.00 bits per heavy atom. The zero-order valence-corrected chi connectivity index (χ0v) is 13.3. The summed E-state index contributed by atoms with van der Waals surface area (Å²) in [5.74, 6) is 0.428. The van der Waals surface area contributed by atoms with Gasteiger partial charge >= 0.3 is 9.05 Å². The molecule has 0 aliphatic carbocycles. The molecular formula is C11H24O5SSi. The van der Waals surface area contributed by atoms with Crippen LogP contribution in [0.5, 0.6) is 0 Å². The minimum absolute atomic E-state index is 0.334. The van der Waals surface area contributed by atoms with E-state index in [1.165, 1.54) is 0 Å². The highest BCUT2D eigenvalue weighted by Crippen LogP contribution is 2.14. The van der Waals surface area contributed by atoms with Crippen LogP contribution in [0.4, 0.5) is 0 Å². The van der Waals surface area contributed by atoms with Gasteiger partial charge in [0, 0.05) is 26.2 Å². The molecule has 7 heteroatoms. The lowest BCUT2D eigenvalue weighted by molar-refractivity contribution is -0.144. The van der Waals surface area contributed by atoms with Crippen LogP contribution in [0, 0.1) is 0 Å². The Hall–Kier alpha value is -0.0831. The molecule has 0 amide bonds. The molecule has 0 N–H and O–H groups in total. The average Bonchev–Trinajstić information content (AvgIpc) is 2.30. The molecule has 18 heavy (non-hydrogen) atoms. The molecule has 5 nitrogen and oxygen atoms in total. The second kappa shape index (κ2) is 10.8. The summed E-state index contributed by atoms with van der Waals surface area (Å²) in [6.45, 7) is 6.60. The van der Waals surface area contributed by atoms with Crippen molar-refractivity contribution in [2.75, 3.05) is 25.6 Å². The summed E-state index contributed by atoms with van der Waals surface area (Å²) in [6.07, 6.45) is 1.96. The van der Waals surface area contributed by atoms with E-state index < -0.39 is 9.05 Å². The molecule has 0 saturated heterocycles. The topological polar surface area (TPSA) is 54.0 Å². The van der Waals surface area contributed by atoms with Crippen LogP contribution in [-0.4, -0.2) is 40.6 Å². The Labute approximate surface area is 116 Å². The highest BCUT2D eigenvalue weighted by Gasteiger charge is 2.49. The lowest BCUT2D eigenvalue weighted by Gasteiger charge is -2.25. The first-order chi connectivity index (χ1) is 8.64. The van der Waals surface area contributed by atoms with Crippen molar-refractivity contribution in [1.29, 1.82) is 0 Å². The quantitative estimate of drug-likeness (QED) is 0.360. The van der Waals surface area contributed by atoms with Crippen LogP contribution < -0.4 is 0 Å². The molecule has 0 bridgehead atoms. The van der Waals surface area contributed by atoms with Crippen molar-refractivity contribution in [3.63, 3.8) is 0 Å². The molecule has 0 heterocycles. The number of carbonyl (C=O) groups is 1. The Kier molecular flexibility index (Phi) is 10.8. The summed E-state index contributed by atoms with van der Waals surface area (Å²) < 4.78 is 21.6. The van der Waals surface area contributed by atoms with Gasteiger partial charge in [-0.2, -0.15) is 12.6 Å². The predicted molar refractivity (Wildman–Crippen MR) is 74.4 cm³/mol. The van der Waals surface area contributed by atoms with Crippen LogP contribution >= 0.6 is 12.6 Å². The number of rotatable bonds is 11. The smallest absolute Gasteiger partial charge is 0.452 e. The highest BCUT2D eigenvalue weighted by atomic mass is 32.1. The van der Waals surface area contributed by atoms with E-state index >= 15 is 0 Å². The largest absolute Gasteiger partial charge is 0.751 e. The van der Waals surface area contributed by atoms with Gasteiger partial charge in [-0.1, -0.05) is 0 Å². The molecule has 0 fully saturated rings. The number of thiol groups is 1. The van der Waals surface area contributed by atoms with E-state index in [-0.39, 0.29) is 5.97 Å². The van der Waals surface area contributed by atoms with Crippen LogP contribution in [0.15, 0.2) is 0 Å². The van der Waals surface area contributed by atoms with Crippen molar-refractivity contribution in [1.82, 2.24) is 0 Å². The molecule has 0 radical (unpaired) electrons. The van der Waals surface area contributed by atoms with Gasteiger partial charge in [0.05, 0.1) is 0 Å². The van der Waals surface area contributed by atoms with Crippen LogP contribution in [-0.2, 0) is 22.5 Å². The van der Waals surface area contributed by atoms with E-state index in [4.69, 9.17) is 17.7 Å². The van der Waals surface area contributed by atoms with Gasteiger partial charge in [0.1, 0.15) is 0 Å². The summed E-state index contributed by atoms with van der Waals surface area (Å²) in [6, 6.07) is 0. The van der Waals surface area contributed by atoms with Crippen LogP contribution in [0.25, 0.3) is 0 Å². The molecule has 0 aromatic rings. The highest BCUT2D eigenvalue weighted by molar-refractivity contribution is 7.80. The molecule has 0 aliphatic rings. The molecule has 0 unspecified atom stereocenters. The molecular weight excluding hydrogens is 272 g/mol. The van der Waals surface area contributed by atoms with Gasteiger partial charge in [-0.05, 0) is 39.4 Å². The Morgan fingerprint density at radius 2 is 1.50 bits per heavy atom. The van der Waals surface area contributed by atoms with Crippen molar-refractivity contribution in [3.05, 3.63) is 0 Å². The summed E-state index contributed by atoms with van der Waals surface area (Å²) in [5.41, 5.74) is 0. The summed E-state index contributed by atoms with van der Waals surface area (Å²) in [7, 11) is -3.29. The first-order valence-electron chi connectivity index (χ1n) is 6.38. The molecule has 108 valence electrons. The minimum atomic E-state index is -3.29. The van der Waals surface area contributed by atoms with Crippen molar-refractivity contribution in [2.45, 2.75) is 40.0 Å². The van der Waals surface area contributed by atoms with E-state index in [9.17, 15) is 4.79 Å². The van der Waals surface area contributed by atoms with E-state index in [1.807, 2.05) is 20.8 Å². The van der Waals surface area contributed by atoms with E-state index in [0.29, 0.717) is 26.2 Å². The average molecular weight is 296 g/mol. The monoisotopic (exact) mass is 296 g/mol. The van der Waals surface area contributed by atoms with Crippen LogP contribution in [0.3, 0.4) is 0 Å². The van der Waals surface area contributed by atoms with Gasteiger partial charge in [0.2, 0.25) is 0 Å². The SMILES string of the molecule is CCO[Si](OCC)(OCC)OC(=O)CCCCS. The second-order valence-corrected chi connectivity index (χ2v) is 5.97. The van der Waals surface area contributed by atoms with Gasteiger partial charge < -0.3 is 17.7 Å². The maximum Gasteiger partial charge on any atom is 0.751 e. The van der Waals surface area contributed by atoms with Gasteiger partial charge in [-0.15, -0.1) is 0 Å². The maximum absolute atomic E-state index is 11.7. The lowest BCUT2D eigenvalue weighted by Crippen LogP contribution is -2.50. The molecule has 0 spiro atoms. The fourth-order valence-corrected chi connectivity index (χ4v) is 3.41. The third-order valence-electron chi connectivity index (χ3n) is 1.99. The molecule has 0 saturated carbocycles. The first-order valence-corrected chi connectivity index (χ1v) is 8.65. The lowest BCUT2D eigenvalue weighted by atomic mass is 10.3. The van der Waals surface area contributed by atoms with E-state index in [2.05, 4.69) is 12.6 Å². The molecule has 0 rings (SSSR count). The minimum Gasteiger partial charge on any atom is -0.452 e. The van der Waals surface area contributed by atoms with E-state index in [1.54, 1.807) is 0 Å². The molecule has 0 aliphatic heterocycles. The number of carbonyl (C=O) groups excluding carboxylic acids is 1. The van der Waals surface area contributed by atoms with Crippen LogP contribution in [0.1, 0.15) is 40.0 Å². The third-order valence-corrected chi connectivity index (χ3v) is 4.71. The van der Waals surface area contributed by atoms with Crippen LogP contribution in [0.2, 0.25) is 0 Å². The number of hydrogen-bond donors (Lipinski definition) is 1. The number of unbranched alkanes of at least 4 members (excludes halogenated alkanes) is 1. The second-order valence-electron chi connectivity index (χ2n) is 3.45. The predicted octanol–water partition coefficient (Wildman–Crippen LogP) is 2.17. The molecule has 0 aromatic carbocycles. The summed E-state index contributed by atoms with van der Waals surface area (Å²) >= 11 is 4.09. The van der Waals surface area contributed by atoms with Crippen molar-refractivity contribution in [2.24, 2.45) is 0 Å². The Morgan fingerprint density at radius 3 is 1.89 bits per heavy atom. The van der Waals surface area contributed by atoms with Gasteiger partial charge in [-0.3, -0.25) is 4.79 Å².